The van der Waals surface area contributed by atoms with Crippen LogP contribution in [0.1, 0.15) is 23.2 Å². The van der Waals surface area contributed by atoms with Crippen molar-refractivity contribution in [1.82, 2.24) is 9.97 Å². The predicted octanol–water partition coefficient (Wildman–Crippen LogP) is 5.31. The van der Waals surface area contributed by atoms with Gasteiger partial charge >= 0.3 is 0 Å². The number of aryl methyl sites for hydroxylation is 1. The number of benzene rings is 3. The van der Waals surface area contributed by atoms with E-state index in [0.29, 0.717) is 25.1 Å². The van der Waals surface area contributed by atoms with Crippen molar-refractivity contribution in [3.8, 4) is 17.0 Å². The fourth-order valence-electron chi connectivity index (χ4n) is 3.44. The number of anilines is 1. The summed E-state index contributed by atoms with van der Waals surface area (Å²) in [6, 6.07) is 27.7. The number of carbonyl (C=O) groups is 1. The van der Waals surface area contributed by atoms with Gasteiger partial charge < -0.3 is 10.1 Å². The Balaban J connectivity index is 1.56. The molecular formula is C27H25N3O2. The lowest BCUT2D eigenvalue weighted by Crippen LogP contribution is -2.16. The second-order valence-corrected chi connectivity index (χ2v) is 7.48. The van der Waals surface area contributed by atoms with Gasteiger partial charge in [-0.1, -0.05) is 60.7 Å². The quantitative estimate of drug-likeness (QED) is 0.417. The molecule has 0 atom stereocenters. The molecule has 0 aliphatic rings. The van der Waals surface area contributed by atoms with Crippen molar-refractivity contribution in [1.29, 1.82) is 0 Å². The van der Waals surface area contributed by atoms with E-state index in [2.05, 4.69) is 10.3 Å². The van der Waals surface area contributed by atoms with Crippen LogP contribution in [0.15, 0.2) is 91.1 Å². The number of nitrogens with one attached hydrogen (secondary N) is 1. The summed E-state index contributed by atoms with van der Waals surface area (Å²) >= 11 is 0. The Labute approximate surface area is 188 Å². The third-order valence-electron chi connectivity index (χ3n) is 5.19. The summed E-state index contributed by atoms with van der Waals surface area (Å²) in [7, 11) is 1.64. The molecule has 3 aromatic carbocycles. The van der Waals surface area contributed by atoms with Gasteiger partial charge in [-0.15, -0.1) is 0 Å². The second kappa shape index (κ2) is 10.4. The van der Waals surface area contributed by atoms with Gasteiger partial charge in [0, 0.05) is 18.4 Å². The molecule has 32 heavy (non-hydrogen) atoms. The molecule has 0 radical (unpaired) electrons. The highest BCUT2D eigenvalue weighted by molar-refractivity contribution is 5.90. The Kier molecular flexibility index (Phi) is 6.88. The molecule has 1 aromatic heterocycles. The van der Waals surface area contributed by atoms with Crippen molar-refractivity contribution in [2.24, 2.45) is 0 Å². The Morgan fingerprint density at radius 3 is 2.19 bits per heavy atom. The van der Waals surface area contributed by atoms with E-state index in [9.17, 15) is 4.79 Å². The number of ether oxygens (including phenoxy) is 1. The molecule has 0 saturated carbocycles. The minimum Gasteiger partial charge on any atom is -0.497 e. The third-order valence-corrected chi connectivity index (χ3v) is 5.19. The minimum absolute atomic E-state index is 0.0744. The van der Waals surface area contributed by atoms with Crippen molar-refractivity contribution >= 4 is 11.7 Å². The summed E-state index contributed by atoms with van der Waals surface area (Å²) in [5.74, 6) is 1.22. The van der Waals surface area contributed by atoms with E-state index in [-0.39, 0.29) is 5.91 Å². The fourth-order valence-corrected chi connectivity index (χ4v) is 3.44. The average Bonchev–Trinajstić information content (AvgIpc) is 2.85. The molecule has 4 aromatic rings. The number of rotatable bonds is 8. The van der Waals surface area contributed by atoms with Crippen LogP contribution in [0.5, 0.6) is 5.75 Å². The van der Waals surface area contributed by atoms with Crippen LogP contribution in [0.2, 0.25) is 0 Å². The SMILES string of the molecule is COc1ccc(-c2cnc(NC(=O)CCc3ccccc3)c(Cc3ccccc3)n2)cc1. The molecule has 5 heteroatoms. The number of hydrogen-bond donors (Lipinski definition) is 1. The monoisotopic (exact) mass is 423 g/mol. The predicted molar refractivity (Wildman–Crippen MR) is 127 cm³/mol. The summed E-state index contributed by atoms with van der Waals surface area (Å²) in [6.07, 6.45) is 3.34. The van der Waals surface area contributed by atoms with Gasteiger partial charge in [-0.2, -0.15) is 0 Å². The van der Waals surface area contributed by atoms with Gasteiger partial charge in [-0.3, -0.25) is 4.79 Å². The number of aromatic nitrogens is 2. The summed E-state index contributed by atoms with van der Waals surface area (Å²) < 4.78 is 5.24. The topological polar surface area (TPSA) is 64.1 Å². The Hall–Kier alpha value is -3.99. The van der Waals surface area contributed by atoms with Crippen LogP contribution in [-0.4, -0.2) is 23.0 Å². The van der Waals surface area contributed by atoms with Crippen molar-refractivity contribution in [2.45, 2.75) is 19.3 Å². The molecule has 4 rings (SSSR count). The normalized spacial score (nSPS) is 10.5. The highest BCUT2D eigenvalue weighted by atomic mass is 16.5. The van der Waals surface area contributed by atoms with Gasteiger partial charge in [0.1, 0.15) is 5.75 Å². The zero-order valence-corrected chi connectivity index (χ0v) is 18.0. The molecule has 1 heterocycles. The number of carbonyl (C=O) groups excluding carboxylic acids is 1. The Morgan fingerprint density at radius 1 is 0.875 bits per heavy atom. The van der Waals surface area contributed by atoms with Crippen molar-refractivity contribution in [2.75, 3.05) is 12.4 Å². The second-order valence-electron chi connectivity index (χ2n) is 7.48. The van der Waals surface area contributed by atoms with Crippen molar-refractivity contribution < 1.29 is 9.53 Å². The molecule has 0 unspecified atom stereocenters. The first kappa shape index (κ1) is 21.2. The molecular weight excluding hydrogens is 398 g/mol. The molecule has 5 nitrogen and oxygen atoms in total. The Morgan fingerprint density at radius 2 is 1.53 bits per heavy atom. The van der Waals surface area contributed by atoms with E-state index < -0.39 is 0 Å². The summed E-state index contributed by atoms with van der Waals surface area (Å²) in [6.45, 7) is 0. The molecule has 0 aliphatic heterocycles. The summed E-state index contributed by atoms with van der Waals surface area (Å²) in [5.41, 5.74) is 4.66. The van der Waals surface area contributed by atoms with Crippen LogP contribution >= 0.6 is 0 Å². The van der Waals surface area contributed by atoms with Gasteiger partial charge in [0.2, 0.25) is 5.91 Å². The molecule has 160 valence electrons. The van der Waals surface area contributed by atoms with E-state index in [4.69, 9.17) is 9.72 Å². The van der Waals surface area contributed by atoms with Gasteiger partial charge in [0.15, 0.2) is 5.82 Å². The standard InChI is InChI=1S/C27H25N3O2/c1-32-23-15-13-22(14-16-23)25-19-28-27(24(29-25)18-21-10-6-3-7-11-21)30-26(31)17-12-20-8-4-2-5-9-20/h2-11,13-16,19H,12,17-18H2,1H3,(H,28,30,31). The first-order chi connectivity index (χ1) is 15.7. The zero-order valence-electron chi connectivity index (χ0n) is 18.0. The average molecular weight is 424 g/mol. The van der Waals surface area contributed by atoms with Gasteiger partial charge in [-0.25, -0.2) is 9.97 Å². The molecule has 0 bridgehead atoms. The maximum atomic E-state index is 12.6. The van der Waals surface area contributed by atoms with E-state index >= 15 is 0 Å². The lowest BCUT2D eigenvalue weighted by molar-refractivity contribution is -0.116. The molecule has 1 amide bonds. The number of nitrogens with zero attached hydrogens (tertiary/aromatic N) is 2. The summed E-state index contributed by atoms with van der Waals surface area (Å²) in [4.78, 5) is 22.0. The lowest BCUT2D eigenvalue weighted by atomic mass is 10.1. The number of methoxy groups -OCH3 is 1. The van der Waals surface area contributed by atoms with Gasteiger partial charge in [0.25, 0.3) is 0 Å². The smallest absolute Gasteiger partial charge is 0.225 e. The number of hydrogen-bond acceptors (Lipinski definition) is 4. The molecule has 0 spiro atoms. The van der Waals surface area contributed by atoms with Crippen LogP contribution in [0.3, 0.4) is 0 Å². The van der Waals surface area contributed by atoms with Gasteiger partial charge in [-0.05, 0) is 41.8 Å². The summed E-state index contributed by atoms with van der Waals surface area (Å²) in [5, 5.41) is 2.97. The number of amides is 1. The third kappa shape index (κ3) is 5.58. The van der Waals surface area contributed by atoms with Crippen molar-refractivity contribution in [3.63, 3.8) is 0 Å². The minimum atomic E-state index is -0.0744. The van der Waals surface area contributed by atoms with E-state index in [0.717, 1.165) is 33.8 Å². The first-order valence-electron chi connectivity index (χ1n) is 10.6. The van der Waals surface area contributed by atoms with Crippen molar-refractivity contribution in [3.05, 3.63) is 108 Å². The molecule has 1 N–H and O–H groups in total. The first-order valence-corrected chi connectivity index (χ1v) is 10.6. The van der Waals surface area contributed by atoms with Crippen LogP contribution in [-0.2, 0) is 17.6 Å². The van der Waals surface area contributed by atoms with E-state index in [1.165, 1.54) is 0 Å². The molecule has 0 saturated heterocycles. The van der Waals surface area contributed by atoms with Crippen LogP contribution in [0.4, 0.5) is 5.82 Å². The molecule has 0 fully saturated rings. The fraction of sp³-hybridized carbons (Fsp3) is 0.148. The maximum Gasteiger partial charge on any atom is 0.225 e. The van der Waals surface area contributed by atoms with Crippen LogP contribution in [0.25, 0.3) is 11.3 Å². The Bertz CT molecular complexity index is 1160. The van der Waals surface area contributed by atoms with Gasteiger partial charge in [0.05, 0.1) is 24.7 Å². The maximum absolute atomic E-state index is 12.6. The lowest BCUT2D eigenvalue weighted by Gasteiger charge is -2.12. The zero-order chi connectivity index (χ0) is 22.2. The molecule has 0 aliphatic carbocycles. The van der Waals surface area contributed by atoms with E-state index in [1.54, 1.807) is 13.3 Å². The van der Waals surface area contributed by atoms with Crippen LogP contribution < -0.4 is 10.1 Å². The largest absolute Gasteiger partial charge is 0.497 e. The highest BCUT2D eigenvalue weighted by Gasteiger charge is 2.13. The highest BCUT2D eigenvalue weighted by Crippen LogP contribution is 2.24. The van der Waals surface area contributed by atoms with Crippen LogP contribution in [0, 0.1) is 0 Å². The van der Waals surface area contributed by atoms with E-state index in [1.807, 2.05) is 84.9 Å².